The Morgan fingerprint density at radius 1 is 0.900 bits per heavy atom. The van der Waals surface area contributed by atoms with E-state index in [1.807, 2.05) is 0 Å². The number of fused-ring (bicyclic) bond motifs is 1. The fraction of sp³-hybridized carbons (Fsp3) is 0.300. The minimum absolute atomic E-state index is 0.214. The van der Waals surface area contributed by atoms with Crippen LogP contribution in [0.25, 0.3) is 17.2 Å². The summed E-state index contributed by atoms with van der Waals surface area (Å²) in [6, 6.07) is 13.6. The van der Waals surface area contributed by atoms with Crippen LogP contribution in [0.15, 0.2) is 42.5 Å². The van der Waals surface area contributed by atoms with Crippen LogP contribution in [0.4, 0.5) is 0 Å². The second-order valence-electron chi connectivity index (χ2n) is 6.76. The van der Waals surface area contributed by atoms with E-state index in [0.29, 0.717) is 0 Å². The fourth-order valence-electron chi connectivity index (χ4n) is 2.96. The molecule has 0 nitrogen and oxygen atoms in total. The first-order chi connectivity index (χ1) is 9.47. The summed E-state index contributed by atoms with van der Waals surface area (Å²) in [5.74, 6) is 0. The SMILES string of the molecule is Cc1ccc2c(c1-c1ccc(C(C)(C)C)cc1)C=CC2. The first kappa shape index (κ1) is 13.2. The van der Waals surface area contributed by atoms with E-state index in [-0.39, 0.29) is 5.41 Å². The van der Waals surface area contributed by atoms with Crippen molar-refractivity contribution in [2.24, 2.45) is 0 Å². The minimum atomic E-state index is 0.214. The van der Waals surface area contributed by atoms with E-state index < -0.39 is 0 Å². The normalized spacial score (nSPS) is 13.6. The summed E-state index contributed by atoms with van der Waals surface area (Å²) in [6.07, 6.45) is 5.61. The topological polar surface area (TPSA) is 0 Å². The summed E-state index contributed by atoms with van der Waals surface area (Å²) < 4.78 is 0. The van der Waals surface area contributed by atoms with Crippen LogP contribution in [0.3, 0.4) is 0 Å². The highest BCUT2D eigenvalue weighted by molar-refractivity contribution is 5.81. The number of hydrogen-bond acceptors (Lipinski definition) is 0. The molecule has 0 heteroatoms. The van der Waals surface area contributed by atoms with Gasteiger partial charge in [0, 0.05) is 0 Å². The monoisotopic (exact) mass is 262 g/mol. The zero-order valence-electron chi connectivity index (χ0n) is 12.8. The maximum Gasteiger partial charge on any atom is -0.00794 e. The summed E-state index contributed by atoms with van der Waals surface area (Å²) in [4.78, 5) is 0. The molecule has 0 saturated carbocycles. The van der Waals surface area contributed by atoms with Gasteiger partial charge in [-0.15, -0.1) is 0 Å². The van der Waals surface area contributed by atoms with Crippen molar-refractivity contribution < 1.29 is 0 Å². The molecule has 2 aromatic carbocycles. The van der Waals surface area contributed by atoms with E-state index in [1.54, 1.807) is 0 Å². The standard InChI is InChI=1S/C20H22/c1-14-8-9-15-6-5-7-18(15)19(14)16-10-12-17(13-11-16)20(2,3)4/h5,7-13H,6H2,1-4H3. The van der Waals surface area contributed by atoms with Crippen molar-refractivity contribution in [2.45, 2.75) is 39.5 Å². The Morgan fingerprint density at radius 2 is 1.60 bits per heavy atom. The van der Waals surface area contributed by atoms with Crippen molar-refractivity contribution in [3.63, 3.8) is 0 Å². The van der Waals surface area contributed by atoms with Gasteiger partial charge in [-0.2, -0.15) is 0 Å². The molecule has 0 N–H and O–H groups in total. The maximum atomic E-state index is 2.27. The predicted octanol–water partition coefficient (Wildman–Crippen LogP) is 5.53. The quantitative estimate of drug-likeness (QED) is 0.634. The molecular weight excluding hydrogens is 240 g/mol. The van der Waals surface area contributed by atoms with E-state index in [2.05, 4.69) is 76.2 Å². The van der Waals surface area contributed by atoms with Crippen LogP contribution < -0.4 is 0 Å². The lowest BCUT2D eigenvalue weighted by molar-refractivity contribution is 0.590. The lowest BCUT2D eigenvalue weighted by atomic mass is 9.85. The van der Waals surface area contributed by atoms with Crippen molar-refractivity contribution in [1.29, 1.82) is 0 Å². The zero-order chi connectivity index (χ0) is 14.3. The second kappa shape index (κ2) is 4.63. The third kappa shape index (κ3) is 2.20. The Bertz CT molecular complexity index is 664. The van der Waals surface area contributed by atoms with Gasteiger partial charge in [-0.1, -0.05) is 69.3 Å². The van der Waals surface area contributed by atoms with E-state index in [0.717, 1.165) is 6.42 Å². The lowest BCUT2D eigenvalue weighted by Crippen LogP contribution is -2.10. The third-order valence-corrected chi connectivity index (χ3v) is 4.21. The van der Waals surface area contributed by atoms with E-state index in [1.165, 1.54) is 33.4 Å². The average molecular weight is 262 g/mol. The number of rotatable bonds is 1. The fourth-order valence-corrected chi connectivity index (χ4v) is 2.96. The molecule has 0 fully saturated rings. The highest BCUT2D eigenvalue weighted by Crippen LogP contribution is 2.35. The largest absolute Gasteiger partial charge is 0.0795 e. The molecule has 1 aliphatic rings. The molecule has 1 aliphatic carbocycles. The van der Waals surface area contributed by atoms with E-state index >= 15 is 0 Å². The smallest absolute Gasteiger partial charge is 0.00794 e. The lowest BCUT2D eigenvalue weighted by Gasteiger charge is -2.20. The second-order valence-corrected chi connectivity index (χ2v) is 6.76. The number of benzene rings is 2. The van der Waals surface area contributed by atoms with Gasteiger partial charge in [-0.3, -0.25) is 0 Å². The Morgan fingerprint density at radius 3 is 2.25 bits per heavy atom. The van der Waals surface area contributed by atoms with Crippen LogP contribution >= 0.6 is 0 Å². The number of allylic oxidation sites excluding steroid dienone is 1. The predicted molar refractivity (Wildman–Crippen MR) is 88.1 cm³/mol. The van der Waals surface area contributed by atoms with Gasteiger partial charge in [0.15, 0.2) is 0 Å². The van der Waals surface area contributed by atoms with Crippen molar-refractivity contribution in [3.8, 4) is 11.1 Å². The van der Waals surface area contributed by atoms with Crippen LogP contribution in [0.5, 0.6) is 0 Å². The molecule has 2 aromatic rings. The maximum absolute atomic E-state index is 2.27. The van der Waals surface area contributed by atoms with Crippen LogP contribution in [0.1, 0.15) is 43.0 Å². The highest BCUT2D eigenvalue weighted by Gasteiger charge is 2.16. The van der Waals surface area contributed by atoms with Crippen molar-refractivity contribution in [1.82, 2.24) is 0 Å². The molecule has 0 radical (unpaired) electrons. The van der Waals surface area contributed by atoms with Crippen molar-refractivity contribution in [2.75, 3.05) is 0 Å². The molecule has 0 amide bonds. The highest BCUT2D eigenvalue weighted by atomic mass is 14.2. The van der Waals surface area contributed by atoms with Gasteiger partial charge in [-0.05, 0) is 52.1 Å². The molecule has 0 spiro atoms. The van der Waals surface area contributed by atoms with Crippen LogP contribution in [0, 0.1) is 6.92 Å². The number of hydrogen-bond donors (Lipinski definition) is 0. The van der Waals surface area contributed by atoms with Gasteiger partial charge in [0.1, 0.15) is 0 Å². The molecule has 20 heavy (non-hydrogen) atoms. The van der Waals surface area contributed by atoms with Gasteiger partial charge >= 0.3 is 0 Å². The summed E-state index contributed by atoms with van der Waals surface area (Å²) in [6.45, 7) is 8.99. The molecule has 3 rings (SSSR count). The summed E-state index contributed by atoms with van der Waals surface area (Å²) in [7, 11) is 0. The van der Waals surface area contributed by atoms with Gasteiger partial charge in [0.2, 0.25) is 0 Å². The summed E-state index contributed by atoms with van der Waals surface area (Å²) >= 11 is 0. The Kier molecular flexibility index (Phi) is 3.05. The molecule has 0 aliphatic heterocycles. The first-order valence-corrected chi connectivity index (χ1v) is 7.37. The summed E-state index contributed by atoms with van der Waals surface area (Å²) in [5, 5.41) is 0. The Labute approximate surface area is 122 Å². The Balaban J connectivity index is 2.11. The molecule has 0 atom stereocenters. The first-order valence-electron chi connectivity index (χ1n) is 7.37. The molecule has 0 heterocycles. The average Bonchev–Trinajstić information content (AvgIpc) is 2.86. The summed E-state index contributed by atoms with van der Waals surface area (Å²) in [5.41, 5.74) is 8.56. The van der Waals surface area contributed by atoms with Crippen LogP contribution in [-0.4, -0.2) is 0 Å². The van der Waals surface area contributed by atoms with Gasteiger partial charge in [-0.25, -0.2) is 0 Å². The molecule has 0 bridgehead atoms. The molecular formula is C20H22. The van der Waals surface area contributed by atoms with E-state index in [4.69, 9.17) is 0 Å². The Hall–Kier alpha value is -1.82. The van der Waals surface area contributed by atoms with Gasteiger partial charge in [0.25, 0.3) is 0 Å². The van der Waals surface area contributed by atoms with Gasteiger partial charge in [0.05, 0.1) is 0 Å². The molecule has 0 saturated heterocycles. The van der Waals surface area contributed by atoms with Crippen LogP contribution in [0.2, 0.25) is 0 Å². The van der Waals surface area contributed by atoms with Gasteiger partial charge < -0.3 is 0 Å². The van der Waals surface area contributed by atoms with Crippen molar-refractivity contribution in [3.05, 3.63) is 64.7 Å². The zero-order valence-corrected chi connectivity index (χ0v) is 12.8. The minimum Gasteiger partial charge on any atom is -0.0795 e. The number of aryl methyl sites for hydroxylation is 1. The third-order valence-electron chi connectivity index (χ3n) is 4.21. The molecule has 0 aromatic heterocycles. The molecule has 102 valence electrons. The molecule has 0 unspecified atom stereocenters. The van der Waals surface area contributed by atoms with Crippen molar-refractivity contribution >= 4 is 6.08 Å². The van der Waals surface area contributed by atoms with E-state index in [9.17, 15) is 0 Å². The van der Waals surface area contributed by atoms with Crippen LogP contribution in [-0.2, 0) is 11.8 Å².